The largest absolute Gasteiger partial charge is 0.338 e. The fourth-order valence-corrected chi connectivity index (χ4v) is 3.65. The van der Waals surface area contributed by atoms with Gasteiger partial charge < -0.3 is 9.47 Å². The van der Waals surface area contributed by atoms with Crippen LogP contribution < -0.4 is 0 Å². The second-order valence-electron chi connectivity index (χ2n) is 6.50. The number of carbonyl (C=O) groups is 1. The lowest BCUT2D eigenvalue weighted by molar-refractivity contribution is -0.128. The molecule has 0 saturated carbocycles. The molecule has 0 spiro atoms. The standard InChI is InChI=1S/C20H20FN3O/c1-2-24-18-6-4-3-5-17(18)22-20(24)15-11-19(25)23(13-15)12-14-7-9-16(21)10-8-14/h3-10,15H,2,11-13H2,1H3/t15-/m0/s1. The lowest BCUT2D eigenvalue weighted by Crippen LogP contribution is -2.24. The summed E-state index contributed by atoms with van der Waals surface area (Å²) >= 11 is 0. The molecule has 2 aromatic carbocycles. The van der Waals surface area contributed by atoms with Crippen LogP contribution in [0, 0.1) is 5.82 Å². The van der Waals surface area contributed by atoms with E-state index in [0.717, 1.165) is 29.0 Å². The lowest BCUT2D eigenvalue weighted by atomic mass is 10.1. The smallest absolute Gasteiger partial charge is 0.223 e. The highest BCUT2D eigenvalue weighted by molar-refractivity contribution is 5.81. The summed E-state index contributed by atoms with van der Waals surface area (Å²) in [5, 5.41) is 0. The number of carbonyl (C=O) groups excluding carboxylic acids is 1. The van der Waals surface area contributed by atoms with Gasteiger partial charge in [-0.2, -0.15) is 0 Å². The summed E-state index contributed by atoms with van der Waals surface area (Å²) < 4.78 is 15.3. The number of halogens is 1. The molecule has 0 radical (unpaired) electrons. The minimum Gasteiger partial charge on any atom is -0.338 e. The number of para-hydroxylation sites is 2. The Morgan fingerprint density at radius 2 is 1.92 bits per heavy atom. The van der Waals surface area contributed by atoms with Gasteiger partial charge in [0.15, 0.2) is 0 Å². The number of rotatable bonds is 4. The maximum absolute atomic E-state index is 13.1. The van der Waals surface area contributed by atoms with E-state index in [1.807, 2.05) is 23.1 Å². The Bertz CT molecular complexity index is 916. The van der Waals surface area contributed by atoms with Crippen molar-refractivity contribution in [2.75, 3.05) is 6.54 Å². The van der Waals surface area contributed by atoms with Gasteiger partial charge in [-0.25, -0.2) is 9.37 Å². The highest BCUT2D eigenvalue weighted by Crippen LogP contribution is 2.31. The van der Waals surface area contributed by atoms with Crippen molar-refractivity contribution in [2.24, 2.45) is 0 Å². The fraction of sp³-hybridized carbons (Fsp3) is 0.300. The zero-order valence-electron chi connectivity index (χ0n) is 14.2. The summed E-state index contributed by atoms with van der Waals surface area (Å²) in [5.41, 5.74) is 3.03. The van der Waals surface area contributed by atoms with E-state index in [9.17, 15) is 9.18 Å². The van der Waals surface area contributed by atoms with Crippen molar-refractivity contribution < 1.29 is 9.18 Å². The third-order valence-corrected chi connectivity index (χ3v) is 4.87. The van der Waals surface area contributed by atoms with E-state index in [1.54, 1.807) is 12.1 Å². The first-order chi connectivity index (χ1) is 12.2. The summed E-state index contributed by atoms with van der Waals surface area (Å²) in [6.07, 6.45) is 0.477. The molecule has 3 aromatic rings. The van der Waals surface area contributed by atoms with Crippen molar-refractivity contribution in [3.63, 3.8) is 0 Å². The van der Waals surface area contributed by atoms with Crippen molar-refractivity contribution >= 4 is 16.9 Å². The maximum atomic E-state index is 13.1. The lowest BCUT2D eigenvalue weighted by Gasteiger charge is -2.17. The predicted octanol–water partition coefficient (Wildman–Crippen LogP) is 3.71. The predicted molar refractivity (Wildman–Crippen MR) is 94.6 cm³/mol. The van der Waals surface area contributed by atoms with Crippen LogP contribution in [0.2, 0.25) is 0 Å². The Morgan fingerprint density at radius 1 is 1.16 bits per heavy atom. The molecule has 4 nitrogen and oxygen atoms in total. The summed E-state index contributed by atoms with van der Waals surface area (Å²) in [6, 6.07) is 14.4. The summed E-state index contributed by atoms with van der Waals surface area (Å²) in [4.78, 5) is 19.1. The number of benzene rings is 2. The van der Waals surface area contributed by atoms with Gasteiger partial charge in [-0.3, -0.25) is 4.79 Å². The molecular weight excluding hydrogens is 317 g/mol. The molecule has 1 aromatic heterocycles. The number of likely N-dealkylation sites (tertiary alicyclic amines) is 1. The number of aromatic nitrogens is 2. The van der Waals surface area contributed by atoms with E-state index in [4.69, 9.17) is 4.98 Å². The van der Waals surface area contributed by atoms with Crippen LogP contribution in [0.1, 0.15) is 30.7 Å². The molecule has 1 fully saturated rings. The minimum absolute atomic E-state index is 0.0975. The maximum Gasteiger partial charge on any atom is 0.223 e. The van der Waals surface area contributed by atoms with Crippen LogP contribution >= 0.6 is 0 Å². The van der Waals surface area contributed by atoms with Crippen LogP contribution in [0.3, 0.4) is 0 Å². The Balaban J connectivity index is 1.59. The van der Waals surface area contributed by atoms with Crippen molar-refractivity contribution in [1.29, 1.82) is 0 Å². The highest BCUT2D eigenvalue weighted by atomic mass is 19.1. The number of nitrogens with zero attached hydrogens (tertiary/aromatic N) is 3. The van der Waals surface area contributed by atoms with Gasteiger partial charge in [0.2, 0.25) is 5.91 Å². The molecule has 0 bridgehead atoms. The number of hydrogen-bond donors (Lipinski definition) is 0. The number of fused-ring (bicyclic) bond motifs is 1. The monoisotopic (exact) mass is 337 g/mol. The Morgan fingerprint density at radius 3 is 2.68 bits per heavy atom. The first-order valence-corrected chi connectivity index (χ1v) is 8.63. The van der Waals surface area contributed by atoms with Crippen LogP contribution in [-0.2, 0) is 17.9 Å². The summed E-state index contributed by atoms with van der Waals surface area (Å²) in [5.74, 6) is 0.953. The van der Waals surface area contributed by atoms with Gasteiger partial charge in [0.05, 0.1) is 11.0 Å². The zero-order chi connectivity index (χ0) is 17.4. The third-order valence-electron chi connectivity index (χ3n) is 4.87. The number of amides is 1. The van der Waals surface area contributed by atoms with Gasteiger partial charge in [0, 0.05) is 32.0 Å². The topological polar surface area (TPSA) is 38.1 Å². The van der Waals surface area contributed by atoms with Crippen LogP contribution in [0.5, 0.6) is 0 Å². The third kappa shape index (κ3) is 2.90. The van der Waals surface area contributed by atoms with Gasteiger partial charge in [-0.1, -0.05) is 24.3 Å². The Kier molecular flexibility index (Phi) is 3.99. The van der Waals surface area contributed by atoms with Crippen LogP contribution in [0.25, 0.3) is 11.0 Å². The fourth-order valence-electron chi connectivity index (χ4n) is 3.65. The quantitative estimate of drug-likeness (QED) is 0.728. The number of imidazole rings is 1. The Hall–Kier alpha value is -2.69. The molecule has 0 aliphatic carbocycles. The van der Waals surface area contributed by atoms with Crippen molar-refractivity contribution in [3.8, 4) is 0 Å². The molecule has 1 saturated heterocycles. The number of hydrogen-bond acceptors (Lipinski definition) is 2. The molecular formula is C20H20FN3O. The van der Waals surface area contributed by atoms with Gasteiger partial charge >= 0.3 is 0 Å². The average Bonchev–Trinajstić information content (AvgIpc) is 3.17. The van der Waals surface area contributed by atoms with Crippen LogP contribution in [0.4, 0.5) is 4.39 Å². The first-order valence-electron chi connectivity index (χ1n) is 8.63. The van der Waals surface area contributed by atoms with Crippen molar-refractivity contribution in [3.05, 3.63) is 65.7 Å². The Labute approximate surface area is 145 Å². The summed E-state index contributed by atoms with van der Waals surface area (Å²) in [7, 11) is 0. The SMILES string of the molecule is CCn1c([C@H]2CC(=O)N(Cc3ccc(F)cc3)C2)nc2ccccc21. The van der Waals surface area contributed by atoms with Crippen molar-refractivity contribution in [1.82, 2.24) is 14.5 Å². The van der Waals surface area contributed by atoms with Crippen molar-refractivity contribution in [2.45, 2.75) is 32.4 Å². The van der Waals surface area contributed by atoms with E-state index in [-0.39, 0.29) is 17.6 Å². The molecule has 1 aliphatic heterocycles. The van der Waals surface area contributed by atoms with Gasteiger partial charge in [-0.15, -0.1) is 0 Å². The molecule has 0 N–H and O–H groups in total. The molecule has 2 heterocycles. The van der Waals surface area contributed by atoms with Gasteiger partial charge in [0.25, 0.3) is 0 Å². The molecule has 4 rings (SSSR count). The second-order valence-corrected chi connectivity index (χ2v) is 6.50. The molecule has 0 unspecified atom stereocenters. The van der Waals surface area contributed by atoms with Gasteiger partial charge in [0.1, 0.15) is 11.6 Å². The molecule has 25 heavy (non-hydrogen) atoms. The minimum atomic E-state index is -0.258. The van der Waals surface area contributed by atoms with Crippen LogP contribution in [0.15, 0.2) is 48.5 Å². The second kappa shape index (κ2) is 6.31. The van der Waals surface area contributed by atoms with E-state index >= 15 is 0 Å². The molecule has 5 heteroatoms. The molecule has 128 valence electrons. The zero-order valence-corrected chi connectivity index (χ0v) is 14.2. The first kappa shape index (κ1) is 15.8. The molecule has 1 aliphatic rings. The average molecular weight is 337 g/mol. The normalized spacial score (nSPS) is 17.6. The van der Waals surface area contributed by atoms with E-state index < -0.39 is 0 Å². The van der Waals surface area contributed by atoms with Crippen LogP contribution in [-0.4, -0.2) is 26.9 Å². The number of aryl methyl sites for hydroxylation is 1. The highest BCUT2D eigenvalue weighted by Gasteiger charge is 2.33. The van der Waals surface area contributed by atoms with E-state index in [0.29, 0.717) is 19.5 Å². The van der Waals surface area contributed by atoms with E-state index in [2.05, 4.69) is 17.6 Å². The molecule has 1 atom stereocenters. The summed E-state index contributed by atoms with van der Waals surface area (Å²) in [6.45, 7) is 4.10. The van der Waals surface area contributed by atoms with Gasteiger partial charge in [-0.05, 0) is 36.8 Å². The molecule has 1 amide bonds. The van der Waals surface area contributed by atoms with E-state index in [1.165, 1.54) is 12.1 Å².